The molecule has 3 rings (SSSR count). The summed E-state index contributed by atoms with van der Waals surface area (Å²) < 4.78 is 5.89. The van der Waals surface area contributed by atoms with Crippen LogP contribution in [0.2, 0.25) is 0 Å². The molecule has 2 N–H and O–H groups in total. The molecule has 3 fully saturated rings. The van der Waals surface area contributed by atoms with Crippen molar-refractivity contribution in [3.05, 3.63) is 0 Å². The van der Waals surface area contributed by atoms with Gasteiger partial charge in [-0.25, -0.2) is 4.99 Å². The lowest BCUT2D eigenvalue weighted by Crippen LogP contribution is -2.51. The lowest BCUT2D eigenvalue weighted by atomic mass is 9.95. The first kappa shape index (κ1) is 19.5. The number of carbonyl (C=O) groups excluding carboxylic acids is 1. The van der Waals surface area contributed by atoms with Crippen molar-refractivity contribution in [2.45, 2.75) is 70.6 Å². The van der Waals surface area contributed by atoms with Gasteiger partial charge in [0.15, 0.2) is 5.96 Å². The topological polar surface area (TPSA) is 66.0 Å². The van der Waals surface area contributed by atoms with Crippen LogP contribution in [-0.2, 0) is 9.53 Å². The zero-order valence-electron chi connectivity index (χ0n) is 16.8. The third-order valence-corrected chi connectivity index (χ3v) is 6.33. The third-order valence-electron chi connectivity index (χ3n) is 6.33. The van der Waals surface area contributed by atoms with Gasteiger partial charge in [-0.3, -0.25) is 4.79 Å². The maximum absolute atomic E-state index is 12.0. The maximum Gasteiger partial charge on any atom is 0.243 e. The number of hydrogen-bond donors (Lipinski definition) is 2. The summed E-state index contributed by atoms with van der Waals surface area (Å²) in [6.45, 7) is 5.41. The molecule has 1 aliphatic heterocycles. The summed E-state index contributed by atoms with van der Waals surface area (Å²) >= 11 is 0. The van der Waals surface area contributed by atoms with Crippen LogP contribution in [0.1, 0.15) is 52.4 Å². The van der Waals surface area contributed by atoms with Gasteiger partial charge in [0.05, 0.1) is 6.10 Å². The molecule has 0 aromatic carbocycles. The van der Waals surface area contributed by atoms with Gasteiger partial charge in [-0.05, 0) is 49.9 Å². The highest BCUT2D eigenvalue weighted by Crippen LogP contribution is 2.44. The van der Waals surface area contributed by atoms with Gasteiger partial charge in [0.25, 0.3) is 0 Å². The Morgan fingerprint density at radius 3 is 2.58 bits per heavy atom. The van der Waals surface area contributed by atoms with Crippen molar-refractivity contribution >= 4 is 11.9 Å². The molecule has 0 aromatic rings. The van der Waals surface area contributed by atoms with Crippen molar-refractivity contribution in [1.82, 2.24) is 15.5 Å². The summed E-state index contributed by atoms with van der Waals surface area (Å²) in [6, 6.07) is 0.866. The molecule has 1 amide bonds. The van der Waals surface area contributed by atoms with Gasteiger partial charge in [-0.15, -0.1) is 0 Å². The van der Waals surface area contributed by atoms with E-state index in [1.807, 2.05) is 0 Å². The van der Waals surface area contributed by atoms with E-state index in [0.717, 1.165) is 37.2 Å². The SMILES string of the molecule is CC(C)C1CC(NC(=NCC(=O)N(C)C)NC2CC3CCC2C3)CCO1. The highest BCUT2D eigenvalue weighted by molar-refractivity contribution is 5.85. The summed E-state index contributed by atoms with van der Waals surface area (Å²) in [7, 11) is 3.56. The monoisotopic (exact) mass is 364 g/mol. The predicted octanol–water partition coefficient (Wildman–Crippen LogP) is 2.00. The number of hydrogen-bond acceptors (Lipinski definition) is 3. The minimum Gasteiger partial charge on any atom is -0.378 e. The molecular formula is C20H36N4O2. The first-order chi connectivity index (χ1) is 12.4. The van der Waals surface area contributed by atoms with E-state index >= 15 is 0 Å². The smallest absolute Gasteiger partial charge is 0.243 e. The summed E-state index contributed by atoms with van der Waals surface area (Å²) in [5.74, 6) is 3.03. The number of aliphatic imine (C=N–C) groups is 1. The number of nitrogens with one attached hydrogen (secondary N) is 2. The van der Waals surface area contributed by atoms with Crippen LogP contribution in [0.5, 0.6) is 0 Å². The van der Waals surface area contributed by atoms with E-state index < -0.39 is 0 Å². The minimum absolute atomic E-state index is 0.0334. The fraction of sp³-hybridized carbons (Fsp3) is 0.900. The van der Waals surface area contributed by atoms with Crippen molar-refractivity contribution < 1.29 is 9.53 Å². The van der Waals surface area contributed by atoms with Gasteiger partial charge >= 0.3 is 0 Å². The molecule has 2 aliphatic carbocycles. The molecule has 5 unspecified atom stereocenters. The Bertz CT molecular complexity index is 520. The molecule has 5 atom stereocenters. The number of guanidine groups is 1. The first-order valence-electron chi connectivity index (χ1n) is 10.3. The minimum atomic E-state index is 0.0334. The molecule has 1 heterocycles. The van der Waals surface area contributed by atoms with Gasteiger partial charge in [0, 0.05) is 32.8 Å². The maximum atomic E-state index is 12.0. The predicted molar refractivity (Wildman–Crippen MR) is 104 cm³/mol. The van der Waals surface area contributed by atoms with Crippen LogP contribution in [0.4, 0.5) is 0 Å². The summed E-state index contributed by atoms with van der Waals surface area (Å²) in [4.78, 5) is 18.2. The van der Waals surface area contributed by atoms with Crippen LogP contribution >= 0.6 is 0 Å². The van der Waals surface area contributed by atoms with E-state index in [9.17, 15) is 4.79 Å². The Morgan fingerprint density at radius 2 is 1.96 bits per heavy atom. The van der Waals surface area contributed by atoms with Crippen LogP contribution in [0.3, 0.4) is 0 Å². The Balaban J connectivity index is 1.62. The van der Waals surface area contributed by atoms with E-state index in [1.165, 1.54) is 25.7 Å². The molecule has 0 aromatic heterocycles. The van der Waals surface area contributed by atoms with Crippen LogP contribution in [0.15, 0.2) is 4.99 Å². The molecule has 6 heteroatoms. The van der Waals surface area contributed by atoms with Crippen molar-refractivity contribution in [3.8, 4) is 0 Å². The van der Waals surface area contributed by atoms with Crippen molar-refractivity contribution in [2.24, 2.45) is 22.7 Å². The van der Waals surface area contributed by atoms with Gasteiger partial charge in [-0.2, -0.15) is 0 Å². The standard InChI is InChI=1S/C20H36N4O2/c1-13(2)18-11-16(7-8-26-18)22-20(21-12-19(25)24(3)4)23-17-10-14-5-6-15(17)9-14/h13-18H,5-12H2,1-4H3,(H2,21,22,23). The molecular weight excluding hydrogens is 328 g/mol. The average molecular weight is 365 g/mol. The zero-order valence-corrected chi connectivity index (χ0v) is 16.8. The number of nitrogens with zero attached hydrogens (tertiary/aromatic N) is 2. The number of carbonyl (C=O) groups is 1. The second-order valence-electron chi connectivity index (χ2n) is 8.90. The number of amides is 1. The molecule has 2 saturated carbocycles. The number of fused-ring (bicyclic) bond motifs is 2. The number of rotatable bonds is 5. The van der Waals surface area contributed by atoms with E-state index in [1.54, 1.807) is 19.0 Å². The first-order valence-corrected chi connectivity index (χ1v) is 10.3. The van der Waals surface area contributed by atoms with Crippen LogP contribution in [0, 0.1) is 17.8 Å². The van der Waals surface area contributed by atoms with Crippen LogP contribution in [-0.4, -0.2) is 62.2 Å². The summed E-state index contributed by atoms with van der Waals surface area (Å²) in [5, 5.41) is 7.27. The summed E-state index contributed by atoms with van der Waals surface area (Å²) in [5.41, 5.74) is 0. The largest absolute Gasteiger partial charge is 0.378 e. The highest BCUT2D eigenvalue weighted by atomic mass is 16.5. The molecule has 0 radical (unpaired) electrons. The van der Waals surface area contributed by atoms with Gasteiger partial charge in [0.1, 0.15) is 6.54 Å². The lowest BCUT2D eigenvalue weighted by Gasteiger charge is -2.34. The zero-order chi connectivity index (χ0) is 18.7. The molecule has 148 valence electrons. The van der Waals surface area contributed by atoms with Crippen molar-refractivity contribution in [3.63, 3.8) is 0 Å². The third kappa shape index (κ3) is 4.90. The fourth-order valence-corrected chi connectivity index (χ4v) is 4.64. The molecule has 26 heavy (non-hydrogen) atoms. The van der Waals surface area contributed by atoms with Crippen molar-refractivity contribution in [1.29, 1.82) is 0 Å². The Morgan fingerprint density at radius 1 is 1.15 bits per heavy atom. The van der Waals surface area contributed by atoms with Gasteiger partial charge < -0.3 is 20.3 Å². The Labute approximate surface area is 158 Å². The van der Waals surface area contributed by atoms with Crippen molar-refractivity contribution in [2.75, 3.05) is 27.2 Å². The quantitative estimate of drug-likeness (QED) is 0.578. The van der Waals surface area contributed by atoms with Crippen LogP contribution < -0.4 is 10.6 Å². The second kappa shape index (κ2) is 8.59. The van der Waals surface area contributed by atoms with Gasteiger partial charge in [-0.1, -0.05) is 20.3 Å². The number of ether oxygens (including phenoxy) is 1. The molecule has 3 aliphatic rings. The highest BCUT2D eigenvalue weighted by Gasteiger charge is 2.40. The molecule has 2 bridgehead atoms. The van der Waals surface area contributed by atoms with E-state index in [2.05, 4.69) is 29.5 Å². The second-order valence-corrected chi connectivity index (χ2v) is 8.90. The summed E-state index contributed by atoms with van der Waals surface area (Å²) in [6.07, 6.45) is 7.60. The normalized spacial score (nSPS) is 34.2. The lowest BCUT2D eigenvalue weighted by molar-refractivity contribution is -0.127. The molecule has 0 spiro atoms. The average Bonchev–Trinajstić information content (AvgIpc) is 3.22. The Kier molecular flexibility index (Phi) is 6.43. The molecule has 1 saturated heterocycles. The Hall–Kier alpha value is -1.30. The van der Waals surface area contributed by atoms with Crippen LogP contribution in [0.25, 0.3) is 0 Å². The van der Waals surface area contributed by atoms with E-state index in [4.69, 9.17) is 4.74 Å². The van der Waals surface area contributed by atoms with E-state index in [0.29, 0.717) is 24.1 Å². The number of likely N-dealkylation sites (N-methyl/N-ethyl adjacent to an activating group) is 1. The van der Waals surface area contributed by atoms with E-state index in [-0.39, 0.29) is 12.5 Å². The van der Waals surface area contributed by atoms with Gasteiger partial charge in [0.2, 0.25) is 5.91 Å². The molecule has 6 nitrogen and oxygen atoms in total. The fourth-order valence-electron chi connectivity index (χ4n) is 4.64.